The molecule has 16 heteroatoms. The van der Waals surface area contributed by atoms with Crippen molar-refractivity contribution in [2.75, 3.05) is 23.7 Å². The van der Waals surface area contributed by atoms with E-state index in [9.17, 15) is 9.59 Å². The molecule has 0 N–H and O–H groups in total. The summed E-state index contributed by atoms with van der Waals surface area (Å²) in [6.07, 6.45) is -4.17. The second-order valence-corrected chi connectivity index (χ2v) is 27.5. The summed E-state index contributed by atoms with van der Waals surface area (Å²) in [5, 5.41) is 0.891. The van der Waals surface area contributed by atoms with Gasteiger partial charge in [-0.05, 0) is 75.5 Å². The highest BCUT2D eigenvalue weighted by atomic mass is 35.5. The molecule has 1 aromatic carbocycles. The number of ether oxygens (including phenoxy) is 2. The highest BCUT2D eigenvalue weighted by Gasteiger charge is 2.48. The maximum Gasteiger partial charge on any atom is 0.416 e. The summed E-state index contributed by atoms with van der Waals surface area (Å²) in [6, 6.07) is 8.85. The van der Waals surface area contributed by atoms with Crippen LogP contribution in [0.5, 0.6) is 5.88 Å². The van der Waals surface area contributed by atoms with E-state index in [0.717, 1.165) is 14.8 Å². The Bertz CT molecular complexity index is 2140. The van der Waals surface area contributed by atoms with E-state index < -0.39 is 66.3 Å². The number of alkyl halides is 3. The van der Waals surface area contributed by atoms with Crippen molar-refractivity contribution in [1.82, 2.24) is 19.4 Å². The van der Waals surface area contributed by atoms with Gasteiger partial charge < -0.3 is 14.4 Å². The zero-order valence-electron chi connectivity index (χ0n) is 34.6. The number of pyridine rings is 1. The number of benzene rings is 1. The van der Waals surface area contributed by atoms with Crippen molar-refractivity contribution in [3.63, 3.8) is 0 Å². The van der Waals surface area contributed by atoms with Crippen LogP contribution in [0.25, 0.3) is 10.9 Å². The molecule has 0 spiro atoms. The van der Waals surface area contributed by atoms with E-state index in [1.807, 2.05) is 24.8 Å². The summed E-state index contributed by atoms with van der Waals surface area (Å²) in [6.45, 7) is 23.2. The van der Waals surface area contributed by atoms with Crippen LogP contribution in [0.1, 0.15) is 81.7 Å². The monoisotopic (exact) mass is 865 g/mol. The van der Waals surface area contributed by atoms with E-state index in [0.29, 0.717) is 43.7 Å². The maximum absolute atomic E-state index is 15.1. The molecule has 4 aromatic rings. The van der Waals surface area contributed by atoms with Crippen LogP contribution in [0.3, 0.4) is 0 Å². The number of halogens is 4. The fraction of sp³-hybridized carbons (Fsp3) is 0.561. The average molecular weight is 867 g/mol. The van der Waals surface area contributed by atoms with Gasteiger partial charge in [-0.15, -0.1) is 11.3 Å². The summed E-state index contributed by atoms with van der Waals surface area (Å²) in [5.74, 6) is 0.850. The molecule has 0 saturated carbocycles. The molecule has 4 atom stereocenters. The number of carbonyl (C=O) groups is 1. The highest BCUT2D eigenvalue weighted by molar-refractivity contribution is 8.18. The van der Waals surface area contributed by atoms with E-state index in [2.05, 4.69) is 51.5 Å². The minimum atomic E-state index is -4.69. The fourth-order valence-corrected chi connectivity index (χ4v) is 23.7. The summed E-state index contributed by atoms with van der Waals surface area (Å²) < 4.78 is 61.0. The molecular formula is C41H55ClF3N5O4S2Si. The molecule has 2 aliphatic rings. The Labute approximate surface area is 346 Å². The molecule has 2 aliphatic heterocycles. The molecule has 3 aromatic heterocycles. The second-order valence-electron chi connectivity index (χ2n) is 17.4. The lowest BCUT2D eigenvalue weighted by Crippen LogP contribution is -2.59. The zero-order valence-corrected chi connectivity index (χ0v) is 38.0. The number of anilines is 1. The van der Waals surface area contributed by atoms with Crippen LogP contribution in [-0.2, 0) is 17.5 Å². The summed E-state index contributed by atoms with van der Waals surface area (Å²) in [5.41, 5.74) is -0.625. The summed E-state index contributed by atoms with van der Waals surface area (Å²) >= 11 is 8.90. The third-order valence-corrected chi connectivity index (χ3v) is 24.1. The largest absolute Gasteiger partial charge is 0.472 e. The first kappa shape index (κ1) is 43.3. The van der Waals surface area contributed by atoms with Crippen LogP contribution in [0.4, 0.5) is 23.8 Å². The molecule has 6 rings (SSSR count). The van der Waals surface area contributed by atoms with Crippen LogP contribution < -0.4 is 19.8 Å². The maximum atomic E-state index is 15.1. The van der Waals surface area contributed by atoms with Gasteiger partial charge in [-0.25, -0.2) is 14.6 Å². The molecule has 312 valence electrons. The van der Waals surface area contributed by atoms with Gasteiger partial charge in [0.1, 0.15) is 25.6 Å². The lowest BCUT2D eigenvalue weighted by Gasteiger charge is -2.45. The normalized spacial score (nSPS) is 21.4. The van der Waals surface area contributed by atoms with Gasteiger partial charge >= 0.3 is 18.0 Å². The summed E-state index contributed by atoms with van der Waals surface area (Å²) in [4.78, 5) is 40.5. The molecule has 1 saturated heterocycles. The topological polar surface area (TPSA) is 89.8 Å². The van der Waals surface area contributed by atoms with E-state index >= 15 is 13.2 Å². The Morgan fingerprint density at radius 3 is 2.16 bits per heavy atom. The van der Waals surface area contributed by atoms with Gasteiger partial charge in [0.15, 0.2) is 0 Å². The quantitative estimate of drug-likeness (QED) is 0.139. The fourth-order valence-electron chi connectivity index (χ4n) is 9.34. The minimum absolute atomic E-state index is 0.0598. The Kier molecular flexibility index (Phi) is 12.2. The molecule has 1 unspecified atom stereocenters. The van der Waals surface area contributed by atoms with E-state index in [4.69, 9.17) is 21.1 Å². The molecule has 0 radical (unpaired) electrons. The number of amides is 1. The van der Waals surface area contributed by atoms with Crippen molar-refractivity contribution in [3.8, 4) is 5.88 Å². The molecule has 1 fully saturated rings. The lowest BCUT2D eigenvalue weighted by molar-refractivity contribution is -0.137. The Balaban J connectivity index is 1.58. The van der Waals surface area contributed by atoms with Crippen molar-refractivity contribution in [2.45, 2.75) is 138 Å². The van der Waals surface area contributed by atoms with Gasteiger partial charge in [0.25, 0.3) is 0 Å². The van der Waals surface area contributed by atoms with Crippen molar-refractivity contribution in [2.24, 2.45) is 0 Å². The number of nitrogens with zero attached hydrogens (tertiary/aromatic N) is 5. The molecule has 57 heavy (non-hydrogen) atoms. The number of aromatic nitrogens is 3. The number of thiophene rings is 1. The molecule has 1 amide bonds. The van der Waals surface area contributed by atoms with Gasteiger partial charge in [0.2, 0.25) is 5.88 Å². The number of rotatable bonds is 8. The van der Waals surface area contributed by atoms with Gasteiger partial charge in [0, 0.05) is 50.1 Å². The van der Waals surface area contributed by atoms with Crippen LogP contribution in [0.2, 0.25) is 21.6 Å². The van der Waals surface area contributed by atoms with Crippen LogP contribution in [-0.4, -0.2) is 76.2 Å². The highest BCUT2D eigenvalue weighted by Crippen LogP contribution is 2.55. The standard InChI is InChI=1S/C41H55ClF3N5O4S2Si/c1-23(2)57(24(3)4,25(5)6)37-31(42)18-34(55-37)56-22-29(53-33-14-12-13-15-46-33)21-49-35-30(16-28(17-32(35)56)41(43,44)45)36(47-38(49)51)48-19-26(7)50(27(8)20-48)39(52)54-40(9,10)11/h12-18,23-27,29,56H,19-22H2,1-11H3/t26-,27+,29-/m0/s1. The van der Waals surface area contributed by atoms with Crippen molar-refractivity contribution in [1.29, 1.82) is 0 Å². The predicted molar refractivity (Wildman–Crippen MR) is 229 cm³/mol. The van der Waals surface area contributed by atoms with Crippen molar-refractivity contribution in [3.05, 3.63) is 63.7 Å². The van der Waals surface area contributed by atoms with Gasteiger partial charge in [-0.2, -0.15) is 29.1 Å². The molecule has 5 heterocycles. The second kappa shape index (κ2) is 16.1. The van der Waals surface area contributed by atoms with Crippen LogP contribution in [0, 0.1) is 0 Å². The first-order chi connectivity index (χ1) is 26.5. The molecule has 0 bridgehead atoms. The van der Waals surface area contributed by atoms with E-state index in [1.54, 1.807) is 61.4 Å². The average Bonchev–Trinajstić information content (AvgIpc) is 3.38. The number of thiol groups is 1. The number of hydrogen-bond donors (Lipinski definition) is 1. The minimum Gasteiger partial charge on any atom is -0.472 e. The van der Waals surface area contributed by atoms with Gasteiger partial charge in [0.05, 0.1) is 34.7 Å². The smallest absolute Gasteiger partial charge is 0.416 e. The SMILES string of the molecule is CC(C)[Si](c1sc([SH]2C[C@@H](Oc3ccccn3)Cn3c(=O)nc(N4C[C@@H](C)N(C(=O)OC(C)(C)C)[C@@H](C)C4)c4cc(C(F)(F)F)cc2c43)cc1Cl)(C(C)C)C(C)C. The van der Waals surface area contributed by atoms with E-state index in [-0.39, 0.29) is 30.8 Å². The summed E-state index contributed by atoms with van der Waals surface area (Å²) in [7, 11) is -3.83. The first-order valence-electron chi connectivity index (χ1n) is 19.6. The Morgan fingerprint density at radius 1 is 0.982 bits per heavy atom. The third-order valence-electron chi connectivity index (χ3n) is 11.4. The first-order valence-corrected chi connectivity index (χ1v) is 24.6. The third kappa shape index (κ3) is 8.32. The van der Waals surface area contributed by atoms with Crippen molar-refractivity contribution < 1.29 is 27.4 Å². The number of carbonyl (C=O) groups excluding carboxylic acids is 1. The Hall–Kier alpha value is -3.27. The molecule has 0 aliphatic carbocycles. The number of piperazine rings is 1. The lowest BCUT2D eigenvalue weighted by atomic mass is 10.1. The van der Waals surface area contributed by atoms with Crippen LogP contribution in [0.15, 0.2) is 56.5 Å². The molecular weight excluding hydrogens is 811 g/mol. The van der Waals surface area contributed by atoms with Crippen LogP contribution >= 0.6 is 33.8 Å². The van der Waals surface area contributed by atoms with Gasteiger partial charge in [-0.1, -0.05) is 59.2 Å². The van der Waals surface area contributed by atoms with Crippen molar-refractivity contribution >= 4 is 69.2 Å². The van der Waals surface area contributed by atoms with Gasteiger partial charge in [-0.3, -0.25) is 9.47 Å². The Morgan fingerprint density at radius 2 is 1.61 bits per heavy atom. The predicted octanol–water partition coefficient (Wildman–Crippen LogP) is 10.1. The number of hydrogen-bond acceptors (Lipinski definition) is 8. The molecule has 9 nitrogen and oxygen atoms in total. The van der Waals surface area contributed by atoms with E-state index in [1.165, 1.54) is 10.6 Å². The zero-order chi connectivity index (χ0) is 41.9.